The number of nitrogens with zero attached hydrogens (tertiary/aromatic N) is 2. The second kappa shape index (κ2) is 6.37. The molecule has 1 aromatic carbocycles. The van der Waals surface area contributed by atoms with Crippen LogP contribution in [0.3, 0.4) is 0 Å². The second-order valence-corrected chi connectivity index (χ2v) is 4.63. The SMILES string of the molecule is COCCN(CCC#N)c1ccc2c(c1)NC(=O)C2N. The van der Waals surface area contributed by atoms with E-state index in [0.29, 0.717) is 26.1 Å². The number of hydrogen-bond acceptors (Lipinski definition) is 5. The minimum Gasteiger partial charge on any atom is -0.383 e. The topological polar surface area (TPSA) is 91.4 Å². The van der Waals surface area contributed by atoms with Crippen molar-refractivity contribution in [1.82, 2.24) is 0 Å². The highest BCUT2D eigenvalue weighted by molar-refractivity contribution is 6.02. The van der Waals surface area contributed by atoms with E-state index in [2.05, 4.69) is 16.3 Å². The number of fused-ring (bicyclic) bond motifs is 1. The Balaban J connectivity index is 2.20. The first-order valence-electron chi connectivity index (χ1n) is 6.48. The number of anilines is 2. The molecular formula is C14H18N4O2. The highest BCUT2D eigenvalue weighted by Crippen LogP contribution is 2.32. The van der Waals surface area contributed by atoms with E-state index in [1.165, 1.54) is 0 Å². The number of carbonyl (C=O) groups excluding carboxylic acids is 1. The molecule has 2 rings (SSSR count). The zero-order chi connectivity index (χ0) is 14.5. The molecule has 1 unspecified atom stereocenters. The maximum absolute atomic E-state index is 11.5. The van der Waals surface area contributed by atoms with E-state index < -0.39 is 6.04 Å². The summed E-state index contributed by atoms with van der Waals surface area (Å²) < 4.78 is 5.09. The summed E-state index contributed by atoms with van der Waals surface area (Å²) in [5, 5.41) is 11.5. The molecule has 20 heavy (non-hydrogen) atoms. The Kier molecular flexibility index (Phi) is 4.56. The van der Waals surface area contributed by atoms with Gasteiger partial charge in [-0.1, -0.05) is 6.07 Å². The van der Waals surface area contributed by atoms with Gasteiger partial charge in [-0.15, -0.1) is 0 Å². The lowest BCUT2D eigenvalue weighted by Crippen LogP contribution is -2.28. The predicted octanol–water partition coefficient (Wildman–Crippen LogP) is 1.00. The van der Waals surface area contributed by atoms with E-state index in [9.17, 15) is 4.79 Å². The molecule has 0 saturated carbocycles. The van der Waals surface area contributed by atoms with Gasteiger partial charge in [0.2, 0.25) is 5.91 Å². The predicted molar refractivity (Wildman–Crippen MR) is 76.3 cm³/mol. The Bertz CT molecular complexity index is 538. The van der Waals surface area contributed by atoms with Crippen LogP contribution < -0.4 is 16.0 Å². The summed E-state index contributed by atoms with van der Waals surface area (Å²) in [6.07, 6.45) is 0.437. The third-order valence-corrected chi connectivity index (χ3v) is 3.34. The van der Waals surface area contributed by atoms with E-state index in [0.717, 1.165) is 16.9 Å². The lowest BCUT2D eigenvalue weighted by Gasteiger charge is -2.24. The average molecular weight is 274 g/mol. The molecule has 6 heteroatoms. The molecule has 0 aliphatic carbocycles. The standard InChI is InChI=1S/C14H18N4O2/c1-20-8-7-18(6-2-5-15)10-3-4-11-12(9-10)17-14(19)13(11)16/h3-4,9,13H,2,6-8,16H2,1H3,(H,17,19). The van der Waals surface area contributed by atoms with Crippen LogP contribution in [0, 0.1) is 11.3 Å². The van der Waals surface area contributed by atoms with Crippen LogP contribution in [0.5, 0.6) is 0 Å². The summed E-state index contributed by atoms with van der Waals surface area (Å²) in [5.74, 6) is -0.183. The number of methoxy groups -OCH3 is 1. The molecule has 1 amide bonds. The van der Waals surface area contributed by atoms with Crippen molar-refractivity contribution in [3.8, 4) is 6.07 Å². The van der Waals surface area contributed by atoms with Crippen LogP contribution in [-0.4, -0.2) is 32.7 Å². The van der Waals surface area contributed by atoms with Crippen LogP contribution in [0.15, 0.2) is 18.2 Å². The highest BCUT2D eigenvalue weighted by atomic mass is 16.5. The fourth-order valence-electron chi connectivity index (χ4n) is 2.23. The van der Waals surface area contributed by atoms with Gasteiger partial charge in [-0.3, -0.25) is 4.79 Å². The third-order valence-electron chi connectivity index (χ3n) is 3.34. The smallest absolute Gasteiger partial charge is 0.245 e. The van der Waals surface area contributed by atoms with Crippen molar-refractivity contribution in [2.45, 2.75) is 12.5 Å². The first-order valence-corrected chi connectivity index (χ1v) is 6.48. The number of hydrogen-bond donors (Lipinski definition) is 2. The van der Waals surface area contributed by atoms with Crippen LogP contribution >= 0.6 is 0 Å². The molecule has 0 bridgehead atoms. The third kappa shape index (κ3) is 2.90. The van der Waals surface area contributed by atoms with E-state index in [-0.39, 0.29) is 5.91 Å². The van der Waals surface area contributed by atoms with Gasteiger partial charge < -0.3 is 20.7 Å². The summed E-state index contributed by atoms with van der Waals surface area (Å²) in [7, 11) is 1.64. The molecule has 1 atom stereocenters. The molecule has 0 saturated heterocycles. The summed E-state index contributed by atoms with van der Waals surface area (Å²) in [5.41, 5.74) is 8.30. The number of ether oxygens (including phenoxy) is 1. The van der Waals surface area contributed by atoms with Crippen molar-refractivity contribution >= 4 is 17.3 Å². The molecule has 106 valence electrons. The van der Waals surface area contributed by atoms with E-state index >= 15 is 0 Å². The van der Waals surface area contributed by atoms with Gasteiger partial charge in [0.1, 0.15) is 6.04 Å². The van der Waals surface area contributed by atoms with Gasteiger partial charge in [-0.25, -0.2) is 0 Å². The summed E-state index contributed by atoms with van der Waals surface area (Å²) in [4.78, 5) is 13.6. The lowest BCUT2D eigenvalue weighted by molar-refractivity contribution is -0.116. The van der Waals surface area contributed by atoms with Gasteiger partial charge in [0.15, 0.2) is 0 Å². The quantitative estimate of drug-likeness (QED) is 0.807. The van der Waals surface area contributed by atoms with Crippen molar-refractivity contribution in [2.24, 2.45) is 5.73 Å². The minimum absolute atomic E-state index is 0.183. The molecule has 1 aliphatic rings. The van der Waals surface area contributed by atoms with Gasteiger partial charge in [-0.05, 0) is 12.1 Å². The van der Waals surface area contributed by atoms with Crippen molar-refractivity contribution in [3.05, 3.63) is 23.8 Å². The van der Waals surface area contributed by atoms with Crippen LogP contribution in [0.1, 0.15) is 18.0 Å². The molecule has 0 aromatic heterocycles. The number of nitriles is 1. The second-order valence-electron chi connectivity index (χ2n) is 4.63. The number of nitrogens with two attached hydrogens (primary N) is 1. The van der Waals surface area contributed by atoms with Gasteiger partial charge >= 0.3 is 0 Å². The Labute approximate surface area is 118 Å². The van der Waals surface area contributed by atoms with Crippen molar-refractivity contribution in [2.75, 3.05) is 37.0 Å². The molecular weight excluding hydrogens is 256 g/mol. The van der Waals surface area contributed by atoms with E-state index in [4.69, 9.17) is 15.7 Å². The lowest BCUT2D eigenvalue weighted by atomic mass is 10.1. The zero-order valence-electron chi connectivity index (χ0n) is 11.4. The number of rotatable bonds is 6. The Morgan fingerprint density at radius 2 is 2.30 bits per heavy atom. The van der Waals surface area contributed by atoms with Crippen LogP contribution in [0.2, 0.25) is 0 Å². The molecule has 1 aliphatic heterocycles. The van der Waals surface area contributed by atoms with E-state index in [1.807, 2.05) is 18.2 Å². The monoisotopic (exact) mass is 274 g/mol. The number of nitrogens with one attached hydrogen (secondary N) is 1. The fourth-order valence-corrected chi connectivity index (χ4v) is 2.23. The zero-order valence-corrected chi connectivity index (χ0v) is 11.4. The average Bonchev–Trinajstić information content (AvgIpc) is 2.74. The fraction of sp³-hybridized carbons (Fsp3) is 0.429. The van der Waals surface area contributed by atoms with Gasteiger partial charge in [0, 0.05) is 37.1 Å². The van der Waals surface area contributed by atoms with Crippen LogP contribution in [0.25, 0.3) is 0 Å². The van der Waals surface area contributed by atoms with Crippen LogP contribution in [-0.2, 0) is 9.53 Å². The first kappa shape index (κ1) is 14.3. The maximum Gasteiger partial charge on any atom is 0.245 e. The molecule has 0 radical (unpaired) electrons. The molecule has 0 spiro atoms. The Morgan fingerprint density at radius 1 is 1.50 bits per heavy atom. The Morgan fingerprint density at radius 3 is 3.00 bits per heavy atom. The van der Waals surface area contributed by atoms with Crippen molar-refractivity contribution in [1.29, 1.82) is 5.26 Å². The summed E-state index contributed by atoms with van der Waals surface area (Å²) in [6.45, 7) is 1.89. The first-order chi connectivity index (χ1) is 9.67. The number of carbonyl (C=O) groups is 1. The molecule has 0 fully saturated rings. The largest absolute Gasteiger partial charge is 0.383 e. The van der Waals surface area contributed by atoms with Gasteiger partial charge in [-0.2, -0.15) is 5.26 Å². The normalized spacial score (nSPS) is 16.4. The summed E-state index contributed by atoms with van der Waals surface area (Å²) >= 11 is 0. The molecule has 1 aromatic rings. The highest BCUT2D eigenvalue weighted by Gasteiger charge is 2.27. The van der Waals surface area contributed by atoms with Crippen LogP contribution in [0.4, 0.5) is 11.4 Å². The van der Waals surface area contributed by atoms with Gasteiger partial charge in [0.25, 0.3) is 0 Å². The number of amides is 1. The molecule has 6 nitrogen and oxygen atoms in total. The molecule has 3 N–H and O–H groups in total. The molecule has 1 heterocycles. The minimum atomic E-state index is -0.592. The number of benzene rings is 1. The van der Waals surface area contributed by atoms with Gasteiger partial charge in [0.05, 0.1) is 19.1 Å². The van der Waals surface area contributed by atoms with E-state index in [1.54, 1.807) is 7.11 Å². The maximum atomic E-state index is 11.5. The Hall–Kier alpha value is -2.10. The summed E-state index contributed by atoms with van der Waals surface area (Å²) in [6, 6.07) is 7.23. The van der Waals surface area contributed by atoms with Crippen molar-refractivity contribution < 1.29 is 9.53 Å². The van der Waals surface area contributed by atoms with Crippen molar-refractivity contribution in [3.63, 3.8) is 0 Å².